The summed E-state index contributed by atoms with van der Waals surface area (Å²) in [7, 11) is 0.370. The van der Waals surface area contributed by atoms with Gasteiger partial charge < -0.3 is 10.6 Å². The number of rotatable bonds is 5. The van der Waals surface area contributed by atoms with Crippen LogP contribution in [0.3, 0.4) is 0 Å². The number of aromatic nitrogens is 2. The molecule has 2 aromatic heterocycles. The summed E-state index contributed by atoms with van der Waals surface area (Å²) in [5.74, 6) is -0.390. The summed E-state index contributed by atoms with van der Waals surface area (Å²) in [4.78, 5) is 32.9. The molecular formula is C17H23BN4O2S. The minimum atomic E-state index is -0.613. The summed E-state index contributed by atoms with van der Waals surface area (Å²) in [6.07, 6.45) is 3.44. The molecule has 8 heteroatoms. The van der Waals surface area contributed by atoms with Crippen LogP contribution in [0.15, 0.2) is 24.5 Å². The van der Waals surface area contributed by atoms with Gasteiger partial charge in [-0.1, -0.05) is 37.4 Å². The van der Waals surface area contributed by atoms with E-state index in [0.29, 0.717) is 12.3 Å². The van der Waals surface area contributed by atoms with Gasteiger partial charge in [-0.25, -0.2) is 4.98 Å². The van der Waals surface area contributed by atoms with Gasteiger partial charge in [-0.3, -0.25) is 14.6 Å². The third-order valence-electron chi connectivity index (χ3n) is 3.40. The first-order chi connectivity index (χ1) is 11.7. The van der Waals surface area contributed by atoms with Crippen LogP contribution in [-0.4, -0.2) is 35.0 Å². The Hall–Kier alpha value is -2.22. The lowest BCUT2D eigenvalue weighted by Gasteiger charge is -2.18. The molecule has 0 fully saturated rings. The molecule has 0 radical (unpaired) electrons. The van der Waals surface area contributed by atoms with E-state index in [4.69, 9.17) is 0 Å². The third-order valence-corrected chi connectivity index (χ3v) is 4.53. The van der Waals surface area contributed by atoms with Gasteiger partial charge in [-0.15, -0.1) is 0 Å². The molecule has 2 N–H and O–H groups in total. The quantitative estimate of drug-likeness (QED) is 0.804. The molecule has 0 spiro atoms. The van der Waals surface area contributed by atoms with E-state index in [2.05, 4.69) is 20.6 Å². The number of amides is 2. The van der Waals surface area contributed by atoms with Crippen LogP contribution in [0.2, 0.25) is 5.31 Å². The Morgan fingerprint density at radius 1 is 1.32 bits per heavy atom. The summed E-state index contributed by atoms with van der Waals surface area (Å²) in [6, 6.07) is 3.15. The average Bonchev–Trinajstić information content (AvgIpc) is 2.87. The van der Waals surface area contributed by atoms with Crippen molar-refractivity contribution >= 4 is 35.3 Å². The number of carbonyl (C=O) groups is 2. The first kappa shape index (κ1) is 19.1. The Balaban J connectivity index is 2.01. The zero-order valence-corrected chi connectivity index (χ0v) is 16.0. The molecule has 0 saturated carbocycles. The minimum Gasteiger partial charge on any atom is -0.354 e. The smallest absolute Gasteiger partial charge is 0.247 e. The van der Waals surface area contributed by atoms with E-state index in [9.17, 15) is 9.59 Å². The summed E-state index contributed by atoms with van der Waals surface area (Å²) < 4.78 is 0. The van der Waals surface area contributed by atoms with Crippen molar-refractivity contribution in [1.82, 2.24) is 15.3 Å². The van der Waals surface area contributed by atoms with Gasteiger partial charge in [0.2, 0.25) is 13.2 Å². The maximum absolute atomic E-state index is 12.4. The van der Waals surface area contributed by atoms with Gasteiger partial charge in [-0.05, 0) is 26.0 Å². The normalized spacial score (nSPS) is 12.4. The maximum Gasteiger partial charge on any atom is 0.247 e. The number of nitrogens with one attached hydrogen (secondary N) is 2. The SMILES string of the molecule is Cc1nc(-c2cccnc2)sc1NC(=O)[C@H](C)NC(=O)BC(C)(C)C. The largest absolute Gasteiger partial charge is 0.354 e. The number of hydrogen-bond acceptors (Lipinski definition) is 5. The molecular weight excluding hydrogens is 335 g/mol. The van der Waals surface area contributed by atoms with Gasteiger partial charge in [0.1, 0.15) is 16.1 Å². The van der Waals surface area contributed by atoms with Crippen molar-refractivity contribution in [3.05, 3.63) is 30.2 Å². The molecule has 0 aromatic carbocycles. The zero-order chi connectivity index (χ0) is 18.6. The monoisotopic (exact) mass is 358 g/mol. The Bertz CT molecular complexity index is 756. The Morgan fingerprint density at radius 2 is 2.04 bits per heavy atom. The number of hydrogen-bond donors (Lipinski definition) is 2. The molecule has 2 heterocycles. The number of carbonyl (C=O) groups excluding carboxylic acids is 2. The van der Waals surface area contributed by atoms with Crippen molar-refractivity contribution in [2.75, 3.05) is 5.32 Å². The van der Waals surface area contributed by atoms with Crippen molar-refractivity contribution in [3.8, 4) is 10.6 Å². The highest BCUT2D eigenvalue weighted by Crippen LogP contribution is 2.31. The summed E-state index contributed by atoms with van der Waals surface area (Å²) >= 11 is 1.39. The minimum absolute atomic E-state index is 0.118. The Morgan fingerprint density at radius 3 is 2.64 bits per heavy atom. The van der Waals surface area contributed by atoms with Crippen molar-refractivity contribution in [2.24, 2.45) is 0 Å². The van der Waals surface area contributed by atoms with Gasteiger partial charge in [-0.2, -0.15) is 0 Å². The molecule has 0 unspecified atom stereocenters. The topological polar surface area (TPSA) is 84.0 Å². The first-order valence-corrected chi connectivity index (χ1v) is 8.95. The molecule has 2 aromatic rings. The number of anilines is 1. The molecule has 6 nitrogen and oxygen atoms in total. The number of pyridine rings is 1. The van der Waals surface area contributed by atoms with Crippen LogP contribution in [0.25, 0.3) is 10.6 Å². The molecule has 25 heavy (non-hydrogen) atoms. The van der Waals surface area contributed by atoms with Crippen LogP contribution in [0, 0.1) is 6.92 Å². The fourth-order valence-corrected chi connectivity index (χ4v) is 3.14. The first-order valence-electron chi connectivity index (χ1n) is 8.14. The average molecular weight is 358 g/mol. The molecule has 0 aliphatic carbocycles. The summed E-state index contributed by atoms with van der Waals surface area (Å²) in [5, 5.41) is 6.95. The Kier molecular flexibility index (Phi) is 5.95. The van der Waals surface area contributed by atoms with Gasteiger partial charge in [0, 0.05) is 18.0 Å². The molecule has 2 amide bonds. The number of aryl methyl sites for hydroxylation is 1. The number of thiazole rings is 1. The number of nitrogens with zero attached hydrogens (tertiary/aromatic N) is 2. The van der Waals surface area contributed by atoms with Crippen LogP contribution in [0.1, 0.15) is 33.4 Å². The molecule has 1 atom stereocenters. The van der Waals surface area contributed by atoms with E-state index in [-0.39, 0.29) is 17.0 Å². The lowest BCUT2D eigenvalue weighted by Crippen LogP contribution is -2.44. The zero-order valence-electron chi connectivity index (χ0n) is 15.2. The van der Waals surface area contributed by atoms with E-state index in [1.165, 1.54) is 11.3 Å². The van der Waals surface area contributed by atoms with Gasteiger partial charge in [0.15, 0.2) is 5.81 Å². The molecule has 132 valence electrons. The fourth-order valence-electron chi connectivity index (χ4n) is 2.19. The Labute approximate surface area is 152 Å². The van der Waals surface area contributed by atoms with Crippen LogP contribution < -0.4 is 10.6 Å². The summed E-state index contributed by atoms with van der Waals surface area (Å²) in [6.45, 7) is 9.47. The highest BCUT2D eigenvalue weighted by atomic mass is 32.1. The van der Waals surface area contributed by atoms with E-state index in [1.54, 1.807) is 19.3 Å². The second-order valence-electron chi connectivity index (χ2n) is 7.19. The highest BCUT2D eigenvalue weighted by molar-refractivity contribution is 7.19. The highest BCUT2D eigenvalue weighted by Gasteiger charge is 2.23. The second-order valence-corrected chi connectivity index (χ2v) is 8.19. The third kappa shape index (κ3) is 5.67. The lowest BCUT2D eigenvalue weighted by molar-refractivity contribution is -0.117. The van der Waals surface area contributed by atoms with E-state index in [0.717, 1.165) is 16.3 Å². The van der Waals surface area contributed by atoms with Gasteiger partial charge >= 0.3 is 0 Å². The van der Waals surface area contributed by atoms with Gasteiger partial charge in [0.25, 0.3) is 0 Å². The van der Waals surface area contributed by atoms with Gasteiger partial charge in [0.05, 0.1) is 5.69 Å². The van der Waals surface area contributed by atoms with Crippen LogP contribution >= 0.6 is 11.3 Å². The lowest BCUT2D eigenvalue weighted by atomic mass is 9.54. The van der Waals surface area contributed by atoms with E-state index < -0.39 is 6.04 Å². The standard InChI is InChI=1S/C17H23BN4O2S/c1-10(21-16(24)18-17(3,4)5)13(23)22-14-11(2)20-15(25-14)12-7-6-8-19-9-12/h6-10,18H,1-5H3,(H,21,24)(H,22,23)/t10-/m0/s1. The van der Waals surface area contributed by atoms with Crippen LogP contribution in [0.5, 0.6) is 0 Å². The molecule has 0 aliphatic rings. The van der Waals surface area contributed by atoms with E-state index >= 15 is 0 Å². The van der Waals surface area contributed by atoms with E-state index in [1.807, 2.05) is 39.8 Å². The molecule has 2 rings (SSSR count). The van der Waals surface area contributed by atoms with Crippen LogP contribution in [0.4, 0.5) is 9.80 Å². The fraction of sp³-hybridized carbons (Fsp3) is 0.412. The second kappa shape index (κ2) is 7.78. The van der Waals surface area contributed by atoms with Crippen molar-refractivity contribution in [2.45, 2.75) is 46.0 Å². The molecule has 0 bridgehead atoms. The van der Waals surface area contributed by atoms with Crippen molar-refractivity contribution in [1.29, 1.82) is 0 Å². The van der Waals surface area contributed by atoms with Crippen molar-refractivity contribution < 1.29 is 9.59 Å². The maximum atomic E-state index is 12.4. The predicted octanol–water partition coefficient (Wildman–Crippen LogP) is 3.21. The van der Waals surface area contributed by atoms with Crippen molar-refractivity contribution in [3.63, 3.8) is 0 Å². The van der Waals surface area contributed by atoms with Crippen LogP contribution in [-0.2, 0) is 4.79 Å². The molecule has 0 aliphatic heterocycles. The molecule has 0 saturated heterocycles. The summed E-state index contributed by atoms with van der Waals surface area (Å²) in [5.41, 5.74) is 1.65. The predicted molar refractivity (Wildman–Crippen MR) is 104 cm³/mol.